The average molecular weight is 303 g/mol. The topological polar surface area (TPSA) is 74.2 Å². The van der Waals surface area contributed by atoms with Crippen molar-refractivity contribution in [3.05, 3.63) is 65.7 Å². The van der Waals surface area contributed by atoms with E-state index in [4.69, 9.17) is 0 Å². The largest absolute Gasteiger partial charge is 0.386 e. The van der Waals surface area contributed by atoms with E-state index in [1.54, 1.807) is 25.4 Å². The molecule has 0 aliphatic rings. The zero-order chi connectivity index (χ0) is 15.9. The highest BCUT2D eigenvalue weighted by atomic mass is 19.1. The molecule has 22 heavy (non-hydrogen) atoms. The van der Waals surface area contributed by atoms with Crippen LogP contribution in [0.15, 0.2) is 48.8 Å². The molecule has 116 valence electrons. The van der Waals surface area contributed by atoms with Crippen LogP contribution in [0.3, 0.4) is 0 Å². The number of benzene rings is 1. The van der Waals surface area contributed by atoms with Crippen molar-refractivity contribution < 1.29 is 14.3 Å². The van der Waals surface area contributed by atoms with E-state index in [1.807, 2.05) is 6.07 Å². The number of nitrogens with zero attached hydrogens (tertiary/aromatic N) is 1. The van der Waals surface area contributed by atoms with Crippen molar-refractivity contribution in [1.82, 2.24) is 15.6 Å². The summed E-state index contributed by atoms with van der Waals surface area (Å²) in [7, 11) is 0. The summed E-state index contributed by atoms with van der Waals surface area (Å²) in [6.07, 6.45) is 2.41. The fraction of sp³-hybridized carbons (Fsp3) is 0.250. The SMILES string of the molecule is CC(NC(=O)NCc1cccnc1)C(O)c1ccc(F)cc1. The first-order chi connectivity index (χ1) is 10.6. The molecule has 0 radical (unpaired) electrons. The van der Waals surface area contributed by atoms with Gasteiger partial charge in [-0.15, -0.1) is 0 Å². The first kappa shape index (κ1) is 15.9. The van der Waals surface area contributed by atoms with Gasteiger partial charge in [0.2, 0.25) is 0 Å². The van der Waals surface area contributed by atoms with Gasteiger partial charge in [-0.1, -0.05) is 18.2 Å². The zero-order valence-corrected chi connectivity index (χ0v) is 12.2. The summed E-state index contributed by atoms with van der Waals surface area (Å²) in [5.41, 5.74) is 1.42. The van der Waals surface area contributed by atoms with Crippen LogP contribution < -0.4 is 10.6 Å². The molecule has 2 amide bonds. The Hall–Kier alpha value is -2.47. The maximum atomic E-state index is 12.9. The molecule has 5 nitrogen and oxygen atoms in total. The third kappa shape index (κ3) is 4.53. The van der Waals surface area contributed by atoms with Crippen molar-refractivity contribution >= 4 is 6.03 Å². The Morgan fingerprint density at radius 3 is 2.68 bits per heavy atom. The molecule has 0 bridgehead atoms. The fourth-order valence-electron chi connectivity index (χ4n) is 1.97. The summed E-state index contributed by atoms with van der Waals surface area (Å²) < 4.78 is 12.9. The van der Waals surface area contributed by atoms with Gasteiger partial charge in [0.05, 0.1) is 12.1 Å². The Labute approximate surface area is 128 Å². The second-order valence-corrected chi connectivity index (χ2v) is 4.97. The molecule has 1 aromatic carbocycles. The van der Waals surface area contributed by atoms with E-state index in [-0.39, 0.29) is 5.82 Å². The third-order valence-electron chi connectivity index (χ3n) is 3.22. The predicted molar refractivity (Wildman–Crippen MR) is 80.4 cm³/mol. The Bertz CT molecular complexity index is 605. The van der Waals surface area contributed by atoms with Gasteiger partial charge in [-0.2, -0.15) is 0 Å². The van der Waals surface area contributed by atoms with Gasteiger partial charge in [0.25, 0.3) is 0 Å². The van der Waals surface area contributed by atoms with Gasteiger partial charge < -0.3 is 15.7 Å². The lowest BCUT2D eigenvalue weighted by Gasteiger charge is -2.21. The molecule has 0 spiro atoms. The van der Waals surface area contributed by atoms with Crippen LogP contribution in [0.25, 0.3) is 0 Å². The van der Waals surface area contributed by atoms with E-state index in [1.165, 1.54) is 24.3 Å². The number of halogens is 1. The Morgan fingerprint density at radius 1 is 1.32 bits per heavy atom. The first-order valence-corrected chi connectivity index (χ1v) is 6.93. The Kier molecular flexibility index (Phi) is 5.43. The van der Waals surface area contributed by atoms with Crippen LogP contribution in [0.4, 0.5) is 9.18 Å². The maximum absolute atomic E-state index is 12.9. The number of carbonyl (C=O) groups is 1. The lowest BCUT2D eigenvalue weighted by Crippen LogP contribution is -2.43. The average Bonchev–Trinajstić information content (AvgIpc) is 2.54. The Morgan fingerprint density at radius 2 is 2.05 bits per heavy atom. The van der Waals surface area contributed by atoms with Crippen molar-refractivity contribution in [3.63, 3.8) is 0 Å². The Balaban J connectivity index is 1.84. The minimum absolute atomic E-state index is 0.346. The minimum Gasteiger partial charge on any atom is -0.386 e. The normalized spacial score (nSPS) is 13.2. The van der Waals surface area contributed by atoms with E-state index < -0.39 is 18.2 Å². The van der Waals surface area contributed by atoms with E-state index in [0.717, 1.165) is 5.56 Å². The molecule has 2 unspecified atom stereocenters. The van der Waals surface area contributed by atoms with Gasteiger partial charge in [-0.3, -0.25) is 4.98 Å². The summed E-state index contributed by atoms with van der Waals surface area (Å²) >= 11 is 0. The number of nitrogens with one attached hydrogen (secondary N) is 2. The van der Waals surface area contributed by atoms with Crippen LogP contribution in [0.5, 0.6) is 0 Å². The number of aliphatic hydroxyl groups excluding tert-OH is 1. The number of hydrogen-bond donors (Lipinski definition) is 3. The van der Waals surface area contributed by atoms with Crippen molar-refractivity contribution in [3.8, 4) is 0 Å². The molecule has 3 N–H and O–H groups in total. The molecule has 2 atom stereocenters. The van der Waals surface area contributed by atoms with Gasteiger partial charge in [0.15, 0.2) is 0 Å². The van der Waals surface area contributed by atoms with Crippen molar-refractivity contribution in [2.45, 2.75) is 25.6 Å². The van der Waals surface area contributed by atoms with Gasteiger partial charge in [0, 0.05) is 18.9 Å². The minimum atomic E-state index is -0.912. The van der Waals surface area contributed by atoms with E-state index in [2.05, 4.69) is 15.6 Å². The molecule has 0 aliphatic heterocycles. The standard InChI is InChI=1S/C16H18FN3O2/c1-11(15(21)13-4-6-14(17)7-5-13)20-16(22)19-10-12-3-2-8-18-9-12/h2-9,11,15,21H,10H2,1H3,(H2,19,20,22). The third-order valence-corrected chi connectivity index (χ3v) is 3.22. The number of aliphatic hydroxyl groups is 1. The van der Waals surface area contributed by atoms with Crippen molar-refractivity contribution in [1.29, 1.82) is 0 Å². The molecule has 2 aromatic rings. The quantitative estimate of drug-likeness (QED) is 0.792. The van der Waals surface area contributed by atoms with Crippen LogP contribution >= 0.6 is 0 Å². The lowest BCUT2D eigenvalue weighted by atomic mass is 10.0. The molecular formula is C16H18FN3O2. The number of pyridine rings is 1. The molecular weight excluding hydrogens is 285 g/mol. The second kappa shape index (κ2) is 7.51. The zero-order valence-electron chi connectivity index (χ0n) is 12.2. The van der Waals surface area contributed by atoms with Crippen LogP contribution in [0.2, 0.25) is 0 Å². The highest BCUT2D eigenvalue weighted by Gasteiger charge is 2.18. The fourth-order valence-corrected chi connectivity index (χ4v) is 1.97. The predicted octanol–water partition coefficient (Wildman–Crippen LogP) is 2.14. The number of carbonyl (C=O) groups excluding carboxylic acids is 1. The molecule has 2 rings (SSSR count). The molecule has 0 fully saturated rings. The van der Waals surface area contributed by atoms with Crippen molar-refractivity contribution in [2.75, 3.05) is 0 Å². The summed E-state index contributed by atoms with van der Waals surface area (Å²) in [6, 6.07) is 8.26. The van der Waals surface area contributed by atoms with Crippen LogP contribution in [0.1, 0.15) is 24.2 Å². The molecule has 0 saturated heterocycles. The van der Waals surface area contributed by atoms with Crippen molar-refractivity contribution in [2.24, 2.45) is 0 Å². The second-order valence-electron chi connectivity index (χ2n) is 4.97. The molecule has 0 saturated carbocycles. The summed E-state index contributed by atoms with van der Waals surface area (Å²) in [6.45, 7) is 2.02. The lowest BCUT2D eigenvalue weighted by molar-refractivity contribution is 0.137. The number of aromatic nitrogens is 1. The number of rotatable bonds is 5. The van der Waals surface area contributed by atoms with Crippen LogP contribution in [-0.4, -0.2) is 22.2 Å². The van der Waals surface area contributed by atoms with Crippen LogP contribution in [0, 0.1) is 5.82 Å². The molecule has 1 heterocycles. The number of amides is 2. The van der Waals surface area contributed by atoms with E-state index in [0.29, 0.717) is 12.1 Å². The number of urea groups is 1. The summed E-state index contributed by atoms with van der Waals surface area (Å²) in [5, 5.41) is 15.5. The van der Waals surface area contributed by atoms with Gasteiger partial charge in [-0.05, 0) is 36.2 Å². The van der Waals surface area contributed by atoms with Gasteiger partial charge in [-0.25, -0.2) is 9.18 Å². The molecule has 6 heteroatoms. The smallest absolute Gasteiger partial charge is 0.315 e. The monoisotopic (exact) mass is 303 g/mol. The van der Waals surface area contributed by atoms with Gasteiger partial charge in [0.1, 0.15) is 5.82 Å². The summed E-state index contributed by atoms with van der Waals surface area (Å²) in [4.78, 5) is 15.8. The molecule has 0 aliphatic carbocycles. The molecule has 1 aromatic heterocycles. The van der Waals surface area contributed by atoms with E-state index >= 15 is 0 Å². The van der Waals surface area contributed by atoms with Gasteiger partial charge >= 0.3 is 6.03 Å². The maximum Gasteiger partial charge on any atom is 0.315 e. The van der Waals surface area contributed by atoms with Crippen LogP contribution in [-0.2, 0) is 6.54 Å². The number of hydrogen-bond acceptors (Lipinski definition) is 3. The highest BCUT2D eigenvalue weighted by molar-refractivity contribution is 5.74. The van der Waals surface area contributed by atoms with E-state index in [9.17, 15) is 14.3 Å². The summed E-state index contributed by atoms with van der Waals surface area (Å²) in [5.74, 6) is -0.370. The first-order valence-electron chi connectivity index (χ1n) is 6.93. The highest BCUT2D eigenvalue weighted by Crippen LogP contribution is 2.16.